The number of aryl methyl sites for hydroxylation is 1. The molecule has 1 N–H and O–H groups in total. The summed E-state index contributed by atoms with van der Waals surface area (Å²) in [6.45, 7) is 7.56. The summed E-state index contributed by atoms with van der Waals surface area (Å²) in [5.74, 6) is 0. The Labute approximate surface area is 108 Å². The van der Waals surface area contributed by atoms with E-state index in [2.05, 4.69) is 38.2 Å². The minimum atomic E-state index is 0.394. The van der Waals surface area contributed by atoms with E-state index < -0.39 is 0 Å². The van der Waals surface area contributed by atoms with Gasteiger partial charge in [0.2, 0.25) is 0 Å². The van der Waals surface area contributed by atoms with E-state index >= 15 is 0 Å². The SMILES string of the molecule is CCc1ccc(CNC2CC(C)OC(C)C2)s1. The predicted octanol–water partition coefficient (Wildman–Crippen LogP) is 3.36. The Bertz CT molecular complexity index is 340. The molecule has 2 nitrogen and oxygen atoms in total. The molecule has 1 aromatic rings. The second-order valence-electron chi connectivity index (χ2n) is 5.03. The van der Waals surface area contributed by atoms with Gasteiger partial charge in [0.15, 0.2) is 0 Å². The Kier molecular flexibility index (Phi) is 4.60. The zero-order chi connectivity index (χ0) is 12.3. The Balaban J connectivity index is 1.81. The highest BCUT2D eigenvalue weighted by atomic mass is 32.1. The molecule has 2 unspecified atom stereocenters. The first-order valence-corrected chi connectivity index (χ1v) is 7.45. The van der Waals surface area contributed by atoms with E-state index in [9.17, 15) is 0 Å². The van der Waals surface area contributed by atoms with Crippen LogP contribution in [0.5, 0.6) is 0 Å². The smallest absolute Gasteiger partial charge is 0.0565 e. The number of rotatable bonds is 4. The van der Waals surface area contributed by atoms with Crippen molar-refractivity contribution in [1.29, 1.82) is 0 Å². The summed E-state index contributed by atoms with van der Waals surface area (Å²) in [5, 5.41) is 3.67. The van der Waals surface area contributed by atoms with Gasteiger partial charge in [-0.05, 0) is 45.2 Å². The molecule has 0 amide bonds. The van der Waals surface area contributed by atoms with E-state index in [4.69, 9.17) is 4.74 Å². The first-order chi connectivity index (χ1) is 8.17. The van der Waals surface area contributed by atoms with Crippen LogP contribution in [-0.2, 0) is 17.7 Å². The lowest BCUT2D eigenvalue weighted by Crippen LogP contribution is -2.40. The van der Waals surface area contributed by atoms with Gasteiger partial charge in [0, 0.05) is 22.3 Å². The third kappa shape index (κ3) is 3.80. The molecule has 17 heavy (non-hydrogen) atoms. The molecule has 3 heteroatoms. The summed E-state index contributed by atoms with van der Waals surface area (Å²) in [5.41, 5.74) is 0. The van der Waals surface area contributed by atoms with Crippen molar-refractivity contribution in [2.45, 2.75) is 64.8 Å². The minimum Gasteiger partial charge on any atom is -0.375 e. The van der Waals surface area contributed by atoms with Crippen LogP contribution in [0.25, 0.3) is 0 Å². The van der Waals surface area contributed by atoms with Gasteiger partial charge in [-0.15, -0.1) is 11.3 Å². The molecule has 2 rings (SSSR count). The quantitative estimate of drug-likeness (QED) is 0.888. The maximum absolute atomic E-state index is 5.75. The molecule has 0 aliphatic carbocycles. The summed E-state index contributed by atoms with van der Waals surface area (Å²) in [6, 6.07) is 5.11. The van der Waals surface area contributed by atoms with E-state index in [0.717, 1.165) is 25.8 Å². The van der Waals surface area contributed by atoms with Crippen molar-refractivity contribution in [3.05, 3.63) is 21.9 Å². The molecule has 0 spiro atoms. The highest BCUT2D eigenvalue weighted by Gasteiger charge is 2.23. The molecular weight excluding hydrogens is 230 g/mol. The molecule has 1 aliphatic heterocycles. The van der Waals surface area contributed by atoms with Crippen LogP contribution in [-0.4, -0.2) is 18.2 Å². The minimum absolute atomic E-state index is 0.394. The standard InChI is InChI=1S/C14H23NOS/c1-4-13-5-6-14(17-13)9-15-12-7-10(2)16-11(3)8-12/h5-6,10-12,15H,4,7-9H2,1-3H3. The Hall–Kier alpha value is -0.380. The van der Waals surface area contributed by atoms with Gasteiger partial charge in [0.05, 0.1) is 12.2 Å². The number of ether oxygens (including phenoxy) is 1. The van der Waals surface area contributed by atoms with Crippen LogP contribution in [0.2, 0.25) is 0 Å². The van der Waals surface area contributed by atoms with Gasteiger partial charge >= 0.3 is 0 Å². The molecule has 1 aliphatic rings. The third-order valence-corrected chi connectivity index (χ3v) is 4.56. The van der Waals surface area contributed by atoms with Crippen LogP contribution < -0.4 is 5.32 Å². The Morgan fingerprint density at radius 3 is 2.47 bits per heavy atom. The van der Waals surface area contributed by atoms with Gasteiger partial charge in [-0.1, -0.05) is 6.92 Å². The summed E-state index contributed by atoms with van der Waals surface area (Å²) in [6.07, 6.45) is 4.21. The van der Waals surface area contributed by atoms with Crippen molar-refractivity contribution >= 4 is 11.3 Å². The van der Waals surface area contributed by atoms with E-state index in [1.54, 1.807) is 0 Å². The highest BCUT2D eigenvalue weighted by molar-refractivity contribution is 7.11. The van der Waals surface area contributed by atoms with Crippen molar-refractivity contribution in [2.24, 2.45) is 0 Å². The first kappa shape index (κ1) is 13.1. The molecule has 1 saturated heterocycles. The Morgan fingerprint density at radius 2 is 1.88 bits per heavy atom. The summed E-state index contributed by atoms with van der Waals surface area (Å²) >= 11 is 1.93. The molecule has 1 fully saturated rings. The zero-order valence-electron chi connectivity index (χ0n) is 11.0. The van der Waals surface area contributed by atoms with E-state index in [1.807, 2.05) is 11.3 Å². The number of hydrogen-bond acceptors (Lipinski definition) is 3. The van der Waals surface area contributed by atoms with Crippen molar-refractivity contribution in [1.82, 2.24) is 5.32 Å². The molecule has 2 heterocycles. The molecule has 0 bridgehead atoms. The van der Waals surface area contributed by atoms with Gasteiger partial charge < -0.3 is 10.1 Å². The molecule has 0 saturated carbocycles. The van der Waals surface area contributed by atoms with Crippen LogP contribution in [0.1, 0.15) is 43.4 Å². The first-order valence-electron chi connectivity index (χ1n) is 6.63. The normalized spacial score (nSPS) is 29.5. The van der Waals surface area contributed by atoms with Crippen LogP contribution in [0.4, 0.5) is 0 Å². The van der Waals surface area contributed by atoms with Gasteiger partial charge in [0.25, 0.3) is 0 Å². The predicted molar refractivity (Wildman–Crippen MR) is 73.6 cm³/mol. The Morgan fingerprint density at radius 1 is 1.24 bits per heavy atom. The lowest BCUT2D eigenvalue weighted by molar-refractivity contribution is -0.0422. The fourth-order valence-corrected chi connectivity index (χ4v) is 3.43. The summed E-state index contributed by atoms with van der Waals surface area (Å²) < 4.78 is 5.75. The average Bonchev–Trinajstić information content (AvgIpc) is 2.73. The van der Waals surface area contributed by atoms with Crippen LogP contribution in [0.15, 0.2) is 12.1 Å². The van der Waals surface area contributed by atoms with Crippen LogP contribution in [0, 0.1) is 0 Å². The van der Waals surface area contributed by atoms with E-state index in [0.29, 0.717) is 18.2 Å². The number of thiophene rings is 1. The number of hydrogen-bond donors (Lipinski definition) is 1. The highest BCUT2D eigenvalue weighted by Crippen LogP contribution is 2.21. The van der Waals surface area contributed by atoms with Crippen molar-refractivity contribution in [3.8, 4) is 0 Å². The van der Waals surface area contributed by atoms with Crippen molar-refractivity contribution in [2.75, 3.05) is 0 Å². The lowest BCUT2D eigenvalue weighted by atomic mass is 10.00. The molecule has 1 aromatic heterocycles. The maximum atomic E-state index is 5.75. The molecule has 96 valence electrons. The lowest BCUT2D eigenvalue weighted by Gasteiger charge is -2.32. The van der Waals surface area contributed by atoms with Gasteiger partial charge in [-0.25, -0.2) is 0 Å². The second-order valence-corrected chi connectivity index (χ2v) is 6.28. The second kappa shape index (κ2) is 5.98. The van der Waals surface area contributed by atoms with Gasteiger partial charge in [-0.3, -0.25) is 0 Å². The third-order valence-electron chi connectivity index (χ3n) is 3.33. The molecule has 0 radical (unpaired) electrons. The van der Waals surface area contributed by atoms with Gasteiger partial charge in [0.1, 0.15) is 0 Å². The molecular formula is C14H23NOS. The zero-order valence-corrected chi connectivity index (χ0v) is 11.8. The molecule has 2 atom stereocenters. The monoisotopic (exact) mass is 253 g/mol. The van der Waals surface area contributed by atoms with Crippen molar-refractivity contribution in [3.63, 3.8) is 0 Å². The van der Waals surface area contributed by atoms with E-state index in [-0.39, 0.29) is 0 Å². The largest absolute Gasteiger partial charge is 0.375 e. The molecule has 0 aromatic carbocycles. The van der Waals surface area contributed by atoms with Crippen LogP contribution in [0.3, 0.4) is 0 Å². The van der Waals surface area contributed by atoms with Gasteiger partial charge in [-0.2, -0.15) is 0 Å². The van der Waals surface area contributed by atoms with Crippen LogP contribution >= 0.6 is 11.3 Å². The van der Waals surface area contributed by atoms with Crippen molar-refractivity contribution < 1.29 is 4.74 Å². The fourth-order valence-electron chi connectivity index (χ4n) is 2.52. The fraction of sp³-hybridized carbons (Fsp3) is 0.714. The average molecular weight is 253 g/mol. The number of nitrogens with one attached hydrogen (secondary N) is 1. The summed E-state index contributed by atoms with van der Waals surface area (Å²) in [4.78, 5) is 2.93. The summed E-state index contributed by atoms with van der Waals surface area (Å²) in [7, 11) is 0. The van der Waals surface area contributed by atoms with E-state index in [1.165, 1.54) is 9.75 Å². The maximum Gasteiger partial charge on any atom is 0.0565 e. The topological polar surface area (TPSA) is 21.3 Å².